The Bertz CT molecular complexity index is 1200. The number of carbonyl (C=O) groups is 1. The van der Waals surface area contributed by atoms with Crippen LogP contribution in [-0.2, 0) is 16.6 Å². The van der Waals surface area contributed by atoms with Crippen LogP contribution in [-0.4, -0.2) is 36.7 Å². The second-order valence-electron chi connectivity index (χ2n) is 6.99. The van der Waals surface area contributed by atoms with Gasteiger partial charge in [0.05, 0.1) is 26.2 Å². The molecule has 2 aromatic carbocycles. The van der Waals surface area contributed by atoms with Crippen LogP contribution in [0, 0.1) is 0 Å². The maximum Gasteiger partial charge on any atom is 0.306 e. The molecule has 1 unspecified atom stereocenters. The minimum absolute atomic E-state index is 0.0411. The lowest BCUT2D eigenvalue weighted by Gasteiger charge is -2.20. The fourth-order valence-electron chi connectivity index (χ4n) is 3.71. The van der Waals surface area contributed by atoms with Crippen LogP contribution in [0.3, 0.4) is 0 Å². The summed E-state index contributed by atoms with van der Waals surface area (Å²) >= 11 is 0. The van der Waals surface area contributed by atoms with Crippen molar-refractivity contribution in [3.05, 3.63) is 57.9 Å². The molecule has 1 aliphatic heterocycles. The zero-order valence-corrected chi connectivity index (χ0v) is 16.8. The second kappa shape index (κ2) is 7.62. The van der Waals surface area contributed by atoms with Crippen molar-refractivity contribution in [1.82, 2.24) is 4.57 Å². The number of benzene rings is 2. The Morgan fingerprint density at radius 1 is 1.13 bits per heavy atom. The van der Waals surface area contributed by atoms with Crippen LogP contribution in [0.4, 0.5) is 0 Å². The van der Waals surface area contributed by atoms with Gasteiger partial charge in [-0.1, -0.05) is 0 Å². The Kier molecular flexibility index (Phi) is 4.99. The lowest BCUT2D eigenvalue weighted by Crippen LogP contribution is -2.25. The summed E-state index contributed by atoms with van der Waals surface area (Å²) in [5.41, 5.74) is 1.14. The summed E-state index contributed by atoms with van der Waals surface area (Å²) in [6.45, 7) is 0.0411. The zero-order valence-electron chi connectivity index (χ0n) is 16.8. The monoisotopic (exact) mass is 411 g/mol. The smallest absolute Gasteiger partial charge is 0.306 e. The van der Waals surface area contributed by atoms with Gasteiger partial charge in [0.15, 0.2) is 11.5 Å². The molecule has 0 radical (unpaired) electrons. The van der Waals surface area contributed by atoms with E-state index in [1.165, 1.54) is 17.7 Å². The van der Waals surface area contributed by atoms with Crippen molar-refractivity contribution < 1.29 is 28.8 Å². The molecular formula is C22H21NO7. The molecule has 0 saturated carbocycles. The number of hydrogen-bond acceptors (Lipinski definition) is 7. The second-order valence-corrected chi connectivity index (χ2v) is 6.99. The number of ether oxygens (including phenoxy) is 4. The molecule has 3 aromatic rings. The standard InChI is InChI=1S/C22H21NO7/c1-23-17-7-13(27-2)5-4-12(17)6-16(22(23)26)14(9-21(25)28-3)15-8-19-20(10-18(15)24)30-11-29-19/h4-8,10,14,24H,9,11H2,1-3H3. The Morgan fingerprint density at radius 2 is 1.87 bits per heavy atom. The van der Waals surface area contributed by atoms with Crippen molar-refractivity contribution in [1.29, 1.82) is 0 Å². The van der Waals surface area contributed by atoms with E-state index in [0.717, 1.165) is 5.39 Å². The molecule has 8 heteroatoms. The molecule has 0 aliphatic carbocycles. The number of aromatic nitrogens is 1. The molecule has 0 saturated heterocycles. The van der Waals surface area contributed by atoms with Gasteiger partial charge in [-0.3, -0.25) is 9.59 Å². The number of esters is 1. The number of aryl methyl sites for hydroxylation is 1. The Morgan fingerprint density at radius 3 is 2.57 bits per heavy atom. The van der Waals surface area contributed by atoms with E-state index in [-0.39, 0.29) is 24.5 Å². The average Bonchev–Trinajstić information content (AvgIpc) is 3.21. The topological polar surface area (TPSA) is 96.2 Å². The summed E-state index contributed by atoms with van der Waals surface area (Å²) < 4.78 is 22.3. The van der Waals surface area contributed by atoms with Crippen LogP contribution in [0.15, 0.2) is 41.2 Å². The first-order valence-corrected chi connectivity index (χ1v) is 9.30. The van der Waals surface area contributed by atoms with E-state index in [1.54, 1.807) is 38.4 Å². The molecule has 1 N–H and O–H groups in total. The molecule has 156 valence electrons. The molecule has 1 aromatic heterocycles. The summed E-state index contributed by atoms with van der Waals surface area (Å²) in [6, 6.07) is 10.2. The van der Waals surface area contributed by atoms with Crippen molar-refractivity contribution in [2.24, 2.45) is 7.05 Å². The first kappa shape index (κ1) is 19.6. The van der Waals surface area contributed by atoms with Crippen molar-refractivity contribution >= 4 is 16.9 Å². The van der Waals surface area contributed by atoms with Gasteiger partial charge in [-0.2, -0.15) is 0 Å². The molecule has 0 amide bonds. The van der Waals surface area contributed by atoms with Crippen LogP contribution in [0.2, 0.25) is 0 Å². The molecule has 1 atom stereocenters. The molecular weight excluding hydrogens is 390 g/mol. The predicted octanol–water partition coefficient (Wildman–Crippen LogP) is 2.68. The Hall–Kier alpha value is -3.68. The Labute approximate surface area is 172 Å². The highest BCUT2D eigenvalue weighted by Crippen LogP contribution is 2.43. The van der Waals surface area contributed by atoms with Crippen molar-refractivity contribution in [3.63, 3.8) is 0 Å². The number of pyridine rings is 1. The number of hydrogen-bond donors (Lipinski definition) is 1. The number of aromatic hydroxyl groups is 1. The minimum Gasteiger partial charge on any atom is -0.508 e. The number of phenolic OH excluding ortho intramolecular Hbond substituents is 1. The molecule has 2 heterocycles. The highest BCUT2D eigenvalue weighted by atomic mass is 16.7. The fraction of sp³-hybridized carbons (Fsp3) is 0.273. The van der Waals surface area contributed by atoms with Gasteiger partial charge in [0, 0.05) is 36.2 Å². The molecule has 0 spiro atoms. The molecule has 4 rings (SSSR count). The fourth-order valence-corrected chi connectivity index (χ4v) is 3.71. The van der Waals surface area contributed by atoms with Gasteiger partial charge >= 0.3 is 5.97 Å². The third-order valence-electron chi connectivity index (χ3n) is 5.33. The van der Waals surface area contributed by atoms with E-state index in [0.29, 0.717) is 33.9 Å². The van der Waals surface area contributed by atoms with Crippen LogP contribution >= 0.6 is 0 Å². The summed E-state index contributed by atoms with van der Waals surface area (Å²) in [7, 11) is 4.49. The highest BCUT2D eigenvalue weighted by molar-refractivity contribution is 5.82. The van der Waals surface area contributed by atoms with Crippen molar-refractivity contribution in [3.8, 4) is 23.0 Å². The SMILES string of the molecule is COC(=O)CC(c1cc2c(cc1O)OCO2)c1cc2ccc(OC)cc2n(C)c1=O. The van der Waals surface area contributed by atoms with E-state index in [1.807, 2.05) is 6.07 Å². The third-order valence-corrected chi connectivity index (χ3v) is 5.33. The summed E-state index contributed by atoms with van der Waals surface area (Å²) in [5, 5.41) is 11.4. The lowest BCUT2D eigenvalue weighted by molar-refractivity contribution is -0.140. The lowest BCUT2D eigenvalue weighted by atomic mass is 9.87. The van der Waals surface area contributed by atoms with Crippen molar-refractivity contribution in [2.45, 2.75) is 12.3 Å². The molecule has 8 nitrogen and oxygen atoms in total. The minimum atomic E-state index is -0.739. The number of phenols is 1. The van der Waals surface area contributed by atoms with Crippen LogP contribution in [0.1, 0.15) is 23.5 Å². The molecule has 0 bridgehead atoms. The van der Waals surface area contributed by atoms with Gasteiger partial charge in [-0.25, -0.2) is 0 Å². The van der Waals surface area contributed by atoms with Crippen molar-refractivity contribution in [2.75, 3.05) is 21.0 Å². The first-order valence-electron chi connectivity index (χ1n) is 9.30. The third kappa shape index (κ3) is 3.30. The predicted molar refractivity (Wildman–Crippen MR) is 108 cm³/mol. The number of methoxy groups -OCH3 is 2. The zero-order chi connectivity index (χ0) is 21.4. The van der Waals surface area contributed by atoms with Gasteiger partial charge in [-0.05, 0) is 29.7 Å². The van der Waals surface area contributed by atoms with Crippen LogP contribution < -0.4 is 19.8 Å². The summed E-state index contributed by atoms with van der Waals surface area (Å²) in [5.74, 6) is 0.146. The van der Waals surface area contributed by atoms with Gasteiger partial charge in [0.1, 0.15) is 11.5 Å². The quantitative estimate of drug-likeness (QED) is 0.645. The van der Waals surface area contributed by atoms with Crippen LogP contribution in [0.5, 0.6) is 23.0 Å². The van der Waals surface area contributed by atoms with E-state index in [9.17, 15) is 14.7 Å². The normalized spacial score (nSPS) is 13.3. The van der Waals surface area contributed by atoms with E-state index >= 15 is 0 Å². The number of nitrogens with zero attached hydrogens (tertiary/aromatic N) is 1. The maximum absolute atomic E-state index is 13.2. The number of rotatable bonds is 5. The van der Waals surface area contributed by atoms with E-state index in [2.05, 4.69) is 0 Å². The van der Waals surface area contributed by atoms with E-state index < -0.39 is 11.9 Å². The number of fused-ring (bicyclic) bond motifs is 2. The molecule has 0 fully saturated rings. The summed E-state index contributed by atoms with van der Waals surface area (Å²) in [4.78, 5) is 25.4. The first-order chi connectivity index (χ1) is 14.4. The summed E-state index contributed by atoms with van der Waals surface area (Å²) in [6.07, 6.45) is -0.124. The highest BCUT2D eigenvalue weighted by Gasteiger charge is 2.28. The molecule has 30 heavy (non-hydrogen) atoms. The van der Waals surface area contributed by atoms with Gasteiger partial charge < -0.3 is 28.6 Å². The van der Waals surface area contributed by atoms with Gasteiger partial charge in [-0.15, -0.1) is 0 Å². The van der Waals surface area contributed by atoms with Crippen LogP contribution in [0.25, 0.3) is 10.9 Å². The van der Waals surface area contributed by atoms with E-state index in [4.69, 9.17) is 18.9 Å². The maximum atomic E-state index is 13.2. The van der Waals surface area contributed by atoms with Gasteiger partial charge in [0.2, 0.25) is 6.79 Å². The van der Waals surface area contributed by atoms with Gasteiger partial charge in [0.25, 0.3) is 5.56 Å². The Balaban J connectivity index is 1.92. The largest absolute Gasteiger partial charge is 0.508 e. The molecule has 1 aliphatic rings. The average molecular weight is 411 g/mol. The number of carbonyl (C=O) groups excluding carboxylic acids is 1.